The molecule has 1 amide bonds. The van der Waals surface area contributed by atoms with Gasteiger partial charge in [-0.1, -0.05) is 12.8 Å². The molecule has 0 radical (unpaired) electrons. The molecule has 1 unspecified atom stereocenters. The predicted molar refractivity (Wildman–Crippen MR) is 82.3 cm³/mol. The van der Waals surface area contributed by atoms with Gasteiger partial charge < -0.3 is 10.4 Å². The van der Waals surface area contributed by atoms with E-state index in [-0.39, 0.29) is 17.4 Å². The molecule has 0 aromatic carbocycles. The first-order valence-electron chi connectivity index (χ1n) is 9.05. The summed E-state index contributed by atoms with van der Waals surface area (Å²) in [6, 6.07) is 0. The maximum Gasteiger partial charge on any atom is 0.309 e. The Morgan fingerprint density at radius 1 is 0.864 bits per heavy atom. The van der Waals surface area contributed by atoms with Crippen LogP contribution in [-0.2, 0) is 9.59 Å². The first kappa shape index (κ1) is 14.5. The van der Waals surface area contributed by atoms with E-state index in [1.54, 1.807) is 0 Å². The third-order valence-electron chi connectivity index (χ3n) is 7.66. The molecule has 2 bridgehead atoms. The summed E-state index contributed by atoms with van der Waals surface area (Å²) < 4.78 is 0. The maximum atomic E-state index is 12.9. The Kier molecular flexibility index (Phi) is 3.11. The topological polar surface area (TPSA) is 66.4 Å². The fourth-order valence-corrected chi connectivity index (χ4v) is 5.82. The molecule has 2 N–H and O–H groups in total. The van der Waals surface area contributed by atoms with Gasteiger partial charge in [-0.3, -0.25) is 9.59 Å². The minimum atomic E-state index is -0.628. The molecule has 4 nitrogen and oxygen atoms in total. The van der Waals surface area contributed by atoms with Crippen LogP contribution in [0.3, 0.4) is 0 Å². The van der Waals surface area contributed by atoms with Crippen LogP contribution in [0.2, 0.25) is 0 Å². The summed E-state index contributed by atoms with van der Waals surface area (Å²) in [5, 5.41) is 12.9. The Morgan fingerprint density at radius 2 is 1.45 bits per heavy atom. The molecule has 5 saturated carbocycles. The predicted octanol–water partition coefficient (Wildman–Crippen LogP) is 3.25. The van der Waals surface area contributed by atoms with Gasteiger partial charge in [-0.05, 0) is 69.6 Å². The lowest BCUT2D eigenvalue weighted by Gasteiger charge is -2.52. The second-order valence-corrected chi connectivity index (χ2v) is 8.52. The second-order valence-electron chi connectivity index (χ2n) is 8.52. The Bertz CT molecular complexity index is 484. The summed E-state index contributed by atoms with van der Waals surface area (Å²) in [6.07, 6.45) is 12.0. The zero-order valence-corrected chi connectivity index (χ0v) is 13.3. The molecule has 1 atom stereocenters. The Morgan fingerprint density at radius 3 is 1.95 bits per heavy atom. The van der Waals surface area contributed by atoms with E-state index in [0.29, 0.717) is 5.41 Å². The second kappa shape index (κ2) is 4.72. The van der Waals surface area contributed by atoms with E-state index in [2.05, 4.69) is 5.32 Å². The van der Waals surface area contributed by atoms with Crippen molar-refractivity contribution in [2.75, 3.05) is 0 Å². The van der Waals surface area contributed by atoms with Crippen molar-refractivity contribution < 1.29 is 14.7 Å². The smallest absolute Gasteiger partial charge is 0.309 e. The van der Waals surface area contributed by atoms with Crippen molar-refractivity contribution >= 4 is 11.9 Å². The summed E-state index contributed by atoms with van der Waals surface area (Å²) in [4.78, 5) is 24.4. The lowest BCUT2D eigenvalue weighted by molar-refractivity contribution is -0.157. The van der Waals surface area contributed by atoms with E-state index in [1.165, 1.54) is 32.1 Å². The van der Waals surface area contributed by atoms with Crippen LogP contribution in [0.15, 0.2) is 0 Å². The van der Waals surface area contributed by atoms with Crippen LogP contribution in [0.4, 0.5) is 0 Å². The molecule has 5 rings (SSSR count). The lowest BCUT2D eigenvalue weighted by Crippen LogP contribution is -2.60. The van der Waals surface area contributed by atoms with Crippen molar-refractivity contribution in [3.8, 4) is 0 Å². The molecule has 0 saturated heterocycles. The molecule has 122 valence electrons. The molecular weight excluding hydrogens is 278 g/mol. The number of amides is 1. The van der Waals surface area contributed by atoms with E-state index in [1.807, 2.05) is 0 Å². The van der Waals surface area contributed by atoms with Crippen LogP contribution in [0.5, 0.6) is 0 Å². The average Bonchev–Trinajstić information content (AvgIpc) is 2.94. The largest absolute Gasteiger partial charge is 0.481 e. The number of carbonyl (C=O) groups excluding carboxylic acids is 1. The van der Waals surface area contributed by atoms with Crippen LogP contribution >= 0.6 is 0 Å². The molecule has 5 aliphatic rings. The lowest BCUT2D eigenvalue weighted by atomic mass is 9.57. The summed E-state index contributed by atoms with van der Waals surface area (Å²) in [6.45, 7) is 0. The Hall–Kier alpha value is -1.06. The van der Waals surface area contributed by atoms with Gasteiger partial charge in [0.15, 0.2) is 0 Å². The zero-order chi connectivity index (χ0) is 15.4. The fourth-order valence-electron chi connectivity index (χ4n) is 5.82. The highest BCUT2D eigenvalue weighted by Gasteiger charge is 2.55. The summed E-state index contributed by atoms with van der Waals surface area (Å²) in [7, 11) is 0. The Balaban J connectivity index is 1.44. The number of aliphatic carboxylic acids is 1. The van der Waals surface area contributed by atoms with Gasteiger partial charge in [-0.2, -0.15) is 0 Å². The minimum absolute atomic E-state index is 0.0954. The number of fused-ring (bicyclic) bond motifs is 3. The number of nitrogens with one attached hydrogen (secondary N) is 1. The van der Waals surface area contributed by atoms with Crippen LogP contribution in [0, 0.1) is 16.7 Å². The number of hydrogen-bond donors (Lipinski definition) is 2. The molecule has 0 heterocycles. The van der Waals surface area contributed by atoms with Gasteiger partial charge in [0, 0.05) is 11.5 Å². The van der Waals surface area contributed by atoms with Gasteiger partial charge >= 0.3 is 5.97 Å². The fraction of sp³-hybridized carbons (Fsp3) is 0.889. The number of carboxylic acids is 1. The third kappa shape index (κ3) is 1.95. The van der Waals surface area contributed by atoms with Crippen molar-refractivity contribution in [2.45, 2.75) is 82.6 Å². The molecule has 22 heavy (non-hydrogen) atoms. The highest BCUT2D eigenvalue weighted by Crippen LogP contribution is 2.57. The first-order valence-corrected chi connectivity index (χ1v) is 9.05. The van der Waals surface area contributed by atoms with Gasteiger partial charge in [0.25, 0.3) is 0 Å². The monoisotopic (exact) mass is 305 g/mol. The van der Waals surface area contributed by atoms with Gasteiger partial charge in [-0.25, -0.2) is 0 Å². The molecular formula is C18H27NO3. The maximum absolute atomic E-state index is 12.9. The summed E-state index contributed by atoms with van der Waals surface area (Å²) in [5.41, 5.74) is -0.258. The normalized spacial score (nSPS) is 42.1. The van der Waals surface area contributed by atoms with Gasteiger partial charge in [0.05, 0.1) is 5.41 Å². The van der Waals surface area contributed by atoms with Gasteiger partial charge in [0.1, 0.15) is 0 Å². The molecule has 0 aliphatic heterocycles. The zero-order valence-electron chi connectivity index (χ0n) is 13.3. The summed E-state index contributed by atoms with van der Waals surface area (Å²) >= 11 is 0. The number of hydrogen-bond acceptors (Lipinski definition) is 2. The van der Waals surface area contributed by atoms with E-state index in [0.717, 1.165) is 44.9 Å². The van der Waals surface area contributed by atoms with E-state index >= 15 is 0 Å². The number of carboxylic acid groups (broad SMARTS) is 1. The van der Waals surface area contributed by atoms with Gasteiger partial charge in [-0.15, -0.1) is 0 Å². The molecule has 4 heteroatoms. The molecule has 1 spiro atoms. The number of rotatable bonds is 3. The minimum Gasteiger partial charge on any atom is -0.481 e. The summed E-state index contributed by atoms with van der Waals surface area (Å²) in [5.74, 6) is -0.123. The van der Waals surface area contributed by atoms with Crippen molar-refractivity contribution in [2.24, 2.45) is 16.7 Å². The van der Waals surface area contributed by atoms with Crippen molar-refractivity contribution in [3.63, 3.8) is 0 Å². The van der Waals surface area contributed by atoms with E-state index < -0.39 is 11.4 Å². The SMILES string of the molecule is O=C(NC12CCC(C(=O)O)(CC1)CC2)C1CCCC12CCC2. The highest BCUT2D eigenvalue weighted by molar-refractivity contribution is 5.81. The molecule has 5 aliphatic carbocycles. The first-order chi connectivity index (χ1) is 10.5. The van der Waals surface area contributed by atoms with Crippen molar-refractivity contribution in [3.05, 3.63) is 0 Å². The molecule has 5 fully saturated rings. The van der Waals surface area contributed by atoms with Crippen LogP contribution in [0.25, 0.3) is 0 Å². The third-order valence-corrected chi connectivity index (χ3v) is 7.66. The van der Waals surface area contributed by atoms with Crippen molar-refractivity contribution in [1.29, 1.82) is 0 Å². The number of carbonyl (C=O) groups is 2. The molecule has 0 aromatic heterocycles. The van der Waals surface area contributed by atoms with E-state index in [9.17, 15) is 14.7 Å². The van der Waals surface area contributed by atoms with Crippen LogP contribution < -0.4 is 5.32 Å². The average molecular weight is 305 g/mol. The quantitative estimate of drug-likeness (QED) is 0.841. The standard InChI is InChI=1S/C18H27NO3/c20-14(13-3-1-4-16(13)5-2-6-16)19-18-10-7-17(8-11-18,9-12-18)15(21)22/h13H,1-12H2,(H,19,20)(H,21,22). The van der Waals surface area contributed by atoms with E-state index in [4.69, 9.17) is 0 Å². The highest BCUT2D eigenvalue weighted by atomic mass is 16.4. The van der Waals surface area contributed by atoms with Crippen molar-refractivity contribution in [1.82, 2.24) is 5.32 Å². The van der Waals surface area contributed by atoms with Gasteiger partial charge in [0.2, 0.25) is 5.91 Å². The van der Waals surface area contributed by atoms with Crippen LogP contribution in [0.1, 0.15) is 77.0 Å². The Labute approximate surface area is 132 Å². The molecule has 0 aromatic rings. The van der Waals surface area contributed by atoms with Crippen LogP contribution in [-0.4, -0.2) is 22.5 Å².